The third-order valence-electron chi connectivity index (χ3n) is 14.7. The summed E-state index contributed by atoms with van der Waals surface area (Å²) >= 11 is 3.69. The highest BCUT2D eigenvalue weighted by atomic mass is 79.9. The fourth-order valence-corrected chi connectivity index (χ4v) is 11.0. The number of likely N-dealkylation sites (N-methyl/N-ethyl adjacent to an activating group) is 1. The molecule has 25 nitrogen and oxygen atoms in total. The Labute approximate surface area is 465 Å². The maximum Gasteiger partial charge on any atom is 0.256 e. The number of pyridine rings is 2. The van der Waals surface area contributed by atoms with E-state index in [-0.39, 0.29) is 23.9 Å². The molecule has 2 amide bonds. The van der Waals surface area contributed by atoms with E-state index >= 15 is 0 Å². The van der Waals surface area contributed by atoms with E-state index in [1.807, 2.05) is 63.2 Å². The quantitative estimate of drug-likeness (QED) is 0.0491. The summed E-state index contributed by atoms with van der Waals surface area (Å²) in [5, 5.41) is 23.7. The van der Waals surface area contributed by atoms with Crippen molar-refractivity contribution in [2.45, 2.75) is 58.3 Å². The first kappa shape index (κ1) is 54.7. The van der Waals surface area contributed by atoms with Gasteiger partial charge in [0.05, 0.1) is 78.7 Å². The van der Waals surface area contributed by atoms with Crippen LogP contribution in [0.2, 0.25) is 0 Å². The second-order valence-electron chi connectivity index (χ2n) is 19.8. The molecule has 10 rings (SSSR count). The van der Waals surface area contributed by atoms with Crippen LogP contribution in [0.25, 0.3) is 44.3 Å². The Balaban J connectivity index is 0.831. The topological polar surface area (TPSA) is 267 Å². The van der Waals surface area contributed by atoms with Gasteiger partial charge in [-0.3, -0.25) is 33.7 Å². The van der Waals surface area contributed by atoms with E-state index in [0.29, 0.717) is 126 Å². The average Bonchev–Trinajstić information content (AvgIpc) is 4.45. The number of anilines is 6. The van der Waals surface area contributed by atoms with Crippen LogP contribution in [0.1, 0.15) is 32.3 Å². The molecule has 2 saturated heterocycles. The molecule has 8 aromatic rings. The van der Waals surface area contributed by atoms with Crippen LogP contribution in [0, 0.1) is 6.92 Å². The van der Waals surface area contributed by atoms with Gasteiger partial charge in [0.2, 0.25) is 23.7 Å². The molecule has 2 fully saturated rings. The van der Waals surface area contributed by atoms with Crippen molar-refractivity contribution in [3.05, 3.63) is 71.7 Å². The Morgan fingerprint density at radius 1 is 0.734 bits per heavy atom. The zero-order chi connectivity index (χ0) is 55.3. The molecule has 0 aromatic carbocycles. The van der Waals surface area contributed by atoms with Gasteiger partial charge in [-0.25, -0.2) is 29.9 Å². The van der Waals surface area contributed by atoms with Crippen molar-refractivity contribution in [2.24, 2.45) is 7.05 Å². The number of nitrogens with one attached hydrogen (secondary N) is 6. The van der Waals surface area contributed by atoms with Gasteiger partial charge in [0.1, 0.15) is 11.4 Å². The lowest BCUT2D eigenvalue weighted by Crippen LogP contribution is -2.59. The van der Waals surface area contributed by atoms with Gasteiger partial charge >= 0.3 is 0 Å². The van der Waals surface area contributed by atoms with Gasteiger partial charge in [0.25, 0.3) is 11.8 Å². The normalized spacial score (nSPS) is 16.5. The maximum atomic E-state index is 14.4. The summed E-state index contributed by atoms with van der Waals surface area (Å²) in [4.78, 5) is 72.1. The molecule has 10 heterocycles. The number of piperazine rings is 2. The first-order valence-electron chi connectivity index (χ1n) is 26.4. The minimum Gasteiger partial charge on any atom is -0.478 e. The molecule has 416 valence electrons. The Bertz CT molecular complexity index is 3440. The molecule has 26 heteroatoms. The van der Waals surface area contributed by atoms with Crippen LogP contribution < -0.4 is 30.7 Å². The van der Waals surface area contributed by atoms with Crippen molar-refractivity contribution in [3.8, 4) is 34.3 Å². The Hall–Kier alpha value is -7.62. The number of amides is 2. The van der Waals surface area contributed by atoms with Crippen molar-refractivity contribution < 1.29 is 23.8 Å². The highest BCUT2D eigenvalue weighted by molar-refractivity contribution is 9.10. The molecule has 79 heavy (non-hydrogen) atoms. The number of aromatic amines is 2. The molecular formula is C53H67BrN20O5. The lowest BCUT2D eigenvalue weighted by Gasteiger charge is -2.43. The molecule has 8 aromatic heterocycles. The summed E-state index contributed by atoms with van der Waals surface area (Å²) in [5.74, 6) is 2.14. The van der Waals surface area contributed by atoms with Crippen LogP contribution in [-0.2, 0) is 27.9 Å². The predicted molar refractivity (Wildman–Crippen MR) is 305 cm³/mol. The smallest absolute Gasteiger partial charge is 0.256 e. The monoisotopic (exact) mass is 1140 g/mol. The highest BCUT2D eigenvalue weighted by Gasteiger charge is 2.35. The summed E-state index contributed by atoms with van der Waals surface area (Å²) in [6.45, 7) is 13.2. The van der Waals surface area contributed by atoms with Crippen molar-refractivity contribution in [1.82, 2.24) is 79.0 Å². The van der Waals surface area contributed by atoms with E-state index in [0.717, 1.165) is 53.6 Å². The zero-order valence-electron chi connectivity index (χ0n) is 45.7. The number of ether oxygens (including phenoxy) is 3. The van der Waals surface area contributed by atoms with Gasteiger partial charge in [-0.2, -0.15) is 0 Å². The number of fused-ring (bicyclic) bond motifs is 2. The van der Waals surface area contributed by atoms with Gasteiger partial charge in [0.15, 0.2) is 11.6 Å². The van der Waals surface area contributed by atoms with Crippen LogP contribution in [-0.4, -0.2) is 196 Å². The number of hydrogen-bond acceptors (Lipinski definition) is 19. The lowest BCUT2D eigenvalue weighted by atomic mass is 10.1. The molecule has 2 aliphatic rings. The number of methoxy groups -OCH3 is 3. The number of nitrogens with zero attached hydrogens (tertiary/aromatic N) is 14. The Kier molecular flexibility index (Phi) is 16.7. The fraction of sp³-hybridized carbons (Fsp3) is 0.434. The predicted octanol–water partition coefficient (Wildman–Crippen LogP) is 5.87. The number of hydrogen-bond donors (Lipinski definition) is 6. The fourth-order valence-electron chi connectivity index (χ4n) is 10.6. The van der Waals surface area contributed by atoms with Crippen molar-refractivity contribution in [3.63, 3.8) is 0 Å². The minimum absolute atomic E-state index is 0.0494. The van der Waals surface area contributed by atoms with Crippen LogP contribution in [0.4, 0.5) is 34.9 Å². The van der Waals surface area contributed by atoms with E-state index < -0.39 is 6.04 Å². The highest BCUT2D eigenvalue weighted by Crippen LogP contribution is 2.37. The number of aryl methyl sites for hydroxylation is 2. The molecule has 0 bridgehead atoms. The summed E-state index contributed by atoms with van der Waals surface area (Å²) < 4.78 is 21.0. The van der Waals surface area contributed by atoms with Crippen LogP contribution in [0.5, 0.6) is 11.8 Å². The van der Waals surface area contributed by atoms with Crippen LogP contribution in [0.3, 0.4) is 0 Å². The van der Waals surface area contributed by atoms with E-state index in [1.165, 1.54) is 0 Å². The minimum atomic E-state index is -0.451. The molecule has 0 spiro atoms. The van der Waals surface area contributed by atoms with Gasteiger partial charge in [0, 0.05) is 132 Å². The van der Waals surface area contributed by atoms with Crippen molar-refractivity contribution in [1.29, 1.82) is 0 Å². The number of halogens is 1. The average molecular weight is 1140 g/mol. The largest absolute Gasteiger partial charge is 0.478 e. The molecular weight excluding hydrogens is 1080 g/mol. The summed E-state index contributed by atoms with van der Waals surface area (Å²) in [6, 6.07) is 3.05. The zero-order valence-corrected chi connectivity index (χ0v) is 47.3. The second-order valence-corrected chi connectivity index (χ2v) is 20.6. The van der Waals surface area contributed by atoms with Gasteiger partial charge in [-0.1, -0.05) is 13.8 Å². The van der Waals surface area contributed by atoms with Gasteiger partial charge < -0.3 is 50.3 Å². The SMILES string of the molecule is CCC(C(=O)Nc1nccc2c(-c3nc(Nc4cn(C)nc4OC)ncc3C)c[nH]c12)N1CCN(CCOC)C(Cn2cc(Nc3ncc(Br)c(-c4c[nH]c5c(NC(=O)C(CC)N6CCN(C)CC6)nccc45)n3)c(OC)n2)C1. The lowest BCUT2D eigenvalue weighted by molar-refractivity contribution is -0.123. The standard InChI is InChI=1S/C53H67BrN20O5/c1-9-40(72-17-15-69(4)16-18-72)48(75)65-47-45-34(12-14-56-47)36(25-58-45)43-37(54)26-60-53(64-43)62-39-30-74(68-51(39)79-8)28-32-27-73(20-19-71(32)21-22-77-6)41(10-2)49(76)66-46-44-33(11-13-55-46)35(24-57-44)42-31(3)23-59-52(63-42)61-38-29-70(5)67-50(38)78-7/h11-14,23-26,29-30,32,40-41,57-58H,9-10,15-22,27-28H2,1-8H3,(H,55,66,76)(H,56,65,75)(H,59,61,63)(H,60,62,64). The number of rotatable bonds is 21. The summed E-state index contributed by atoms with van der Waals surface area (Å²) in [5.41, 5.74) is 6.42. The van der Waals surface area contributed by atoms with E-state index in [4.69, 9.17) is 29.3 Å². The van der Waals surface area contributed by atoms with Gasteiger partial charge in [-0.05, 0) is 60.4 Å². The van der Waals surface area contributed by atoms with Crippen molar-refractivity contribution >= 4 is 84.5 Å². The molecule has 6 N–H and O–H groups in total. The van der Waals surface area contributed by atoms with Gasteiger partial charge in [-0.15, -0.1) is 10.2 Å². The number of carbonyl (C=O) groups is 2. The molecule has 0 saturated carbocycles. The van der Waals surface area contributed by atoms with E-state index in [9.17, 15) is 9.59 Å². The summed E-state index contributed by atoms with van der Waals surface area (Å²) in [6.07, 6.45) is 15.5. The third kappa shape index (κ3) is 11.7. The Morgan fingerprint density at radius 3 is 1.92 bits per heavy atom. The van der Waals surface area contributed by atoms with E-state index in [2.05, 4.69) is 98.8 Å². The Morgan fingerprint density at radius 2 is 1.30 bits per heavy atom. The maximum absolute atomic E-state index is 14.4. The summed E-state index contributed by atoms with van der Waals surface area (Å²) in [7, 11) is 8.75. The molecule has 0 radical (unpaired) electrons. The molecule has 0 aliphatic carbocycles. The molecule has 3 atom stereocenters. The third-order valence-corrected chi connectivity index (χ3v) is 15.3. The van der Waals surface area contributed by atoms with Crippen molar-refractivity contribution in [2.75, 3.05) is 109 Å². The van der Waals surface area contributed by atoms with Crippen LogP contribution in [0.15, 0.2) is 66.2 Å². The van der Waals surface area contributed by atoms with Crippen LogP contribution >= 0.6 is 15.9 Å². The first-order valence-corrected chi connectivity index (χ1v) is 27.2. The molecule has 2 aliphatic heterocycles. The number of carbonyl (C=O) groups excluding carboxylic acids is 2. The molecule has 3 unspecified atom stereocenters. The van der Waals surface area contributed by atoms with E-state index in [1.54, 1.807) is 57.0 Å². The second kappa shape index (κ2) is 24.2. The number of aromatic nitrogens is 12. The first-order chi connectivity index (χ1) is 38.4. The number of H-pyrrole nitrogens is 2.